The molecule has 2 aliphatic rings. The summed E-state index contributed by atoms with van der Waals surface area (Å²) in [7, 11) is 0. The first-order valence-electron chi connectivity index (χ1n) is 8.47. The summed E-state index contributed by atoms with van der Waals surface area (Å²) in [6.45, 7) is 3.44. The van der Waals surface area contributed by atoms with Crippen molar-refractivity contribution in [2.24, 2.45) is 11.7 Å². The quantitative estimate of drug-likeness (QED) is 0.866. The molecule has 0 aromatic heterocycles. The Balaban J connectivity index is 1.87. The fourth-order valence-corrected chi connectivity index (χ4v) is 4.62. The van der Waals surface area contributed by atoms with Gasteiger partial charge in [-0.25, -0.2) is 0 Å². The summed E-state index contributed by atoms with van der Waals surface area (Å²) in [5.74, 6) is 0.917. The van der Waals surface area contributed by atoms with Gasteiger partial charge < -0.3 is 5.73 Å². The normalized spacial score (nSPS) is 29.1. The Morgan fingerprint density at radius 3 is 2.62 bits per heavy atom. The van der Waals surface area contributed by atoms with Gasteiger partial charge in [0.1, 0.15) is 0 Å². The second-order valence-corrected chi connectivity index (χ2v) is 7.62. The Hall–Kier alpha value is -0.380. The Morgan fingerprint density at radius 1 is 1.19 bits per heavy atom. The maximum Gasteiger partial charge on any atom is 0.0502 e. The molecule has 0 spiro atoms. The van der Waals surface area contributed by atoms with Crippen LogP contribution in [0.3, 0.4) is 0 Å². The smallest absolute Gasteiger partial charge is 0.0502 e. The van der Waals surface area contributed by atoms with Crippen LogP contribution < -0.4 is 5.73 Å². The van der Waals surface area contributed by atoms with E-state index in [1.165, 1.54) is 44.2 Å². The SMILES string of the molecule is CCC(N)C(c1ccc(Br)cc1)N1CCC2CCCCC21. The van der Waals surface area contributed by atoms with Crippen LogP contribution in [0.25, 0.3) is 0 Å². The van der Waals surface area contributed by atoms with Crippen molar-refractivity contribution in [1.82, 2.24) is 4.90 Å². The Labute approximate surface area is 137 Å². The minimum atomic E-state index is 0.229. The van der Waals surface area contributed by atoms with Crippen molar-refractivity contribution in [3.05, 3.63) is 34.3 Å². The maximum absolute atomic E-state index is 6.54. The number of rotatable bonds is 4. The van der Waals surface area contributed by atoms with E-state index in [0.29, 0.717) is 6.04 Å². The summed E-state index contributed by atoms with van der Waals surface area (Å²) in [6, 6.07) is 10.2. The van der Waals surface area contributed by atoms with Crippen LogP contribution in [-0.4, -0.2) is 23.5 Å². The molecule has 1 heterocycles. The Bertz CT molecular complexity index is 459. The molecule has 4 unspecified atom stereocenters. The topological polar surface area (TPSA) is 29.3 Å². The molecule has 1 aromatic carbocycles. The number of nitrogens with zero attached hydrogens (tertiary/aromatic N) is 1. The van der Waals surface area contributed by atoms with Gasteiger partial charge in [0.25, 0.3) is 0 Å². The second kappa shape index (κ2) is 6.80. The first-order valence-corrected chi connectivity index (χ1v) is 9.26. The molecule has 1 aliphatic carbocycles. The van der Waals surface area contributed by atoms with Gasteiger partial charge in [-0.2, -0.15) is 0 Å². The average Bonchev–Trinajstić information content (AvgIpc) is 2.93. The fourth-order valence-electron chi connectivity index (χ4n) is 4.36. The number of fused-ring (bicyclic) bond motifs is 1. The highest BCUT2D eigenvalue weighted by Crippen LogP contribution is 2.41. The molecule has 0 bridgehead atoms. The van der Waals surface area contributed by atoms with Crippen molar-refractivity contribution in [2.75, 3.05) is 6.54 Å². The zero-order valence-corrected chi connectivity index (χ0v) is 14.6. The number of benzene rings is 1. The van der Waals surface area contributed by atoms with Crippen molar-refractivity contribution in [1.29, 1.82) is 0 Å². The van der Waals surface area contributed by atoms with E-state index in [9.17, 15) is 0 Å². The Kier molecular flexibility index (Phi) is 5.03. The van der Waals surface area contributed by atoms with E-state index in [-0.39, 0.29) is 6.04 Å². The van der Waals surface area contributed by atoms with Crippen LogP contribution in [-0.2, 0) is 0 Å². The lowest BCUT2D eigenvalue weighted by Crippen LogP contribution is -2.45. The molecule has 2 nitrogen and oxygen atoms in total. The van der Waals surface area contributed by atoms with E-state index >= 15 is 0 Å². The van der Waals surface area contributed by atoms with Gasteiger partial charge in [0, 0.05) is 16.6 Å². The molecular formula is C18H27BrN2. The van der Waals surface area contributed by atoms with Gasteiger partial charge in [-0.1, -0.05) is 47.8 Å². The molecule has 1 aliphatic heterocycles. The Morgan fingerprint density at radius 2 is 1.90 bits per heavy atom. The van der Waals surface area contributed by atoms with Crippen molar-refractivity contribution >= 4 is 15.9 Å². The second-order valence-electron chi connectivity index (χ2n) is 6.71. The average molecular weight is 351 g/mol. The third-order valence-corrected chi connectivity index (χ3v) is 6.03. The van der Waals surface area contributed by atoms with Gasteiger partial charge in [0.05, 0.1) is 6.04 Å². The van der Waals surface area contributed by atoms with E-state index < -0.39 is 0 Å². The van der Waals surface area contributed by atoms with Crippen molar-refractivity contribution < 1.29 is 0 Å². The molecule has 0 radical (unpaired) electrons. The predicted molar refractivity (Wildman–Crippen MR) is 92.2 cm³/mol. The first kappa shape index (κ1) is 15.5. The molecule has 0 amide bonds. The third kappa shape index (κ3) is 3.20. The maximum atomic E-state index is 6.54. The monoisotopic (exact) mass is 350 g/mol. The lowest BCUT2D eigenvalue weighted by Gasteiger charge is -2.40. The van der Waals surface area contributed by atoms with Crippen LogP contribution >= 0.6 is 15.9 Å². The van der Waals surface area contributed by atoms with E-state index in [1.54, 1.807) is 0 Å². The van der Waals surface area contributed by atoms with Crippen LogP contribution in [0, 0.1) is 5.92 Å². The van der Waals surface area contributed by atoms with Gasteiger partial charge in [-0.05, 0) is 55.8 Å². The summed E-state index contributed by atoms with van der Waals surface area (Å²) in [5.41, 5.74) is 7.92. The minimum absolute atomic E-state index is 0.229. The molecule has 4 atom stereocenters. The number of hydrogen-bond donors (Lipinski definition) is 1. The minimum Gasteiger partial charge on any atom is -0.326 e. The van der Waals surface area contributed by atoms with Crippen LogP contribution in [0.2, 0.25) is 0 Å². The van der Waals surface area contributed by atoms with E-state index in [2.05, 4.69) is 52.0 Å². The number of nitrogens with two attached hydrogens (primary N) is 1. The van der Waals surface area contributed by atoms with Gasteiger partial charge in [-0.15, -0.1) is 0 Å². The lowest BCUT2D eigenvalue weighted by molar-refractivity contribution is 0.114. The summed E-state index contributed by atoms with van der Waals surface area (Å²) in [6.07, 6.45) is 8.02. The molecule has 1 saturated heterocycles. The molecule has 2 fully saturated rings. The molecule has 21 heavy (non-hydrogen) atoms. The number of hydrogen-bond acceptors (Lipinski definition) is 2. The van der Waals surface area contributed by atoms with E-state index in [0.717, 1.165) is 22.9 Å². The molecule has 1 saturated carbocycles. The standard InChI is InChI=1S/C18H27BrN2/c1-2-16(20)18(14-7-9-15(19)10-8-14)21-12-11-13-5-3-4-6-17(13)21/h7-10,13,16-18H,2-6,11-12,20H2,1H3. The molecule has 3 heteroatoms. The molecule has 116 valence electrons. The van der Waals surface area contributed by atoms with Crippen molar-refractivity contribution in [3.8, 4) is 0 Å². The van der Waals surface area contributed by atoms with Crippen LogP contribution in [0.5, 0.6) is 0 Å². The van der Waals surface area contributed by atoms with E-state index in [4.69, 9.17) is 5.73 Å². The molecular weight excluding hydrogens is 324 g/mol. The highest BCUT2D eigenvalue weighted by atomic mass is 79.9. The molecule has 2 N–H and O–H groups in total. The van der Waals surface area contributed by atoms with Crippen molar-refractivity contribution in [3.63, 3.8) is 0 Å². The molecule has 3 rings (SSSR count). The van der Waals surface area contributed by atoms with E-state index in [1.807, 2.05) is 0 Å². The zero-order valence-electron chi connectivity index (χ0n) is 13.0. The summed E-state index contributed by atoms with van der Waals surface area (Å²) in [4.78, 5) is 2.74. The van der Waals surface area contributed by atoms with Gasteiger partial charge >= 0.3 is 0 Å². The van der Waals surface area contributed by atoms with Crippen LogP contribution in [0.1, 0.15) is 57.1 Å². The first-order chi connectivity index (χ1) is 10.2. The molecule has 1 aromatic rings. The third-order valence-electron chi connectivity index (χ3n) is 5.50. The largest absolute Gasteiger partial charge is 0.326 e. The number of halogens is 1. The predicted octanol–water partition coefficient (Wildman–Crippen LogP) is 4.49. The summed E-state index contributed by atoms with van der Waals surface area (Å²) in [5, 5.41) is 0. The summed E-state index contributed by atoms with van der Waals surface area (Å²) < 4.78 is 1.15. The highest BCUT2D eigenvalue weighted by molar-refractivity contribution is 9.10. The van der Waals surface area contributed by atoms with Gasteiger partial charge in [0.2, 0.25) is 0 Å². The van der Waals surface area contributed by atoms with Crippen molar-refractivity contribution in [2.45, 2.75) is 63.6 Å². The van der Waals surface area contributed by atoms with Crippen LogP contribution in [0.15, 0.2) is 28.7 Å². The summed E-state index contributed by atoms with van der Waals surface area (Å²) >= 11 is 3.54. The van der Waals surface area contributed by atoms with Gasteiger partial charge in [-0.3, -0.25) is 4.90 Å². The number of likely N-dealkylation sites (tertiary alicyclic amines) is 1. The van der Waals surface area contributed by atoms with Gasteiger partial charge in [0.15, 0.2) is 0 Å². The fraction of sp³-hybridized carbons (Fsp3) is 0.667. The van der Waals surface area contributed by atoms with Crippen LogP contribution in [0.4, 0.5) is 0 Å². The lowest BCUT2D eigenvalue weighted by atomic mass is 9.84. The highest BCUT2D eigenvalue weighted by Gasteiger charge is 2.40. The zero-order chi connectivity index (χ0) is 14.8.